The van der Waals surface area contributed by atoms with E-state index in [0.29, 0.717) is 18.4 Å². The molecule has 2 N–H and O–H groups in total. The van der Waals surface area contributed by atoms with Crippen molar-refractivity contribution in [3.05, 3.63) is 64.7 Å². The molecule has 0 bridgehead atoms. The lowest BCUT2D eigenvalue weighted by Crippen LogP contribution is -2.31. The number of nitrogens with zero attached hydrogens (tertiary/aromatic N) is 1. The molecule has 2 aromatic carbocycles. The van der Waals surface area contributed by atoms with Crippen molar-refractivity contribution in [2.75, 3.05) is 26.3 Å². The van der Waals surface area contributed by atoms with Crippen LogP contribution in [0.1, 0.15) is 11.1 Å². The second-order valence-electron chi connectivity index (χ2n) is 7.48. The van der Waals surface area contributed by atoms with Crippen LogP contribution in [0, 0.1) is 17.3 Å². The third kappa shape index (κ3) is 3.23. The van der Waals surface area contributed by atoms with Gasteiger partial charge in [0.15, 0.2) is 0 Å². The number of likely N-dealkylation sites (tertiary alicyclic amines) is 1. The standard InChI is InChI=1S/C21H24ClNO3/c22-17-7-5-15(6-8-17)12-26-20-4-2-1-3-16(20)9-23-10-18-19(11-23)21(18,13-24)14-25/h1-8,18-19,24-25H,9-14H2. The Morgan fingerprint density at radius 2 is 1.65 bits per heavy atom. The molecule has 4 rings (SSSR count). The summed E-state index contributed by atoms with van der Waals surface area (Å²) in [7, 11) is 0. The average molecular weight is 374 g/mol. The molecule has 1 aliphatic carbocycles. The van der Waals surface area contributed by atoms with Crippen molar-refractivity contribution in [1.82, 2.24) is 4.90 Å². The van der Waals surface area contributed by atoms with E-state index in [2.05, 4.69) is 11.0 Å². The molecule has 0 radical (unpaired) electrons. The maximum atomic E-state index is 9.57. The number of aliphatic hydroxyl groups excluding tert-OH is 2. The summed E-state index contributed by atoms with van der Waals surface area (Å²) in [5, 5.41) is 19.9. The molecule has 0 aromatic heterocycles. The Balaban J connectivity index is 1.37. The first kappa shape index (κ1) is 17.8. The fourth-order valence-electron chi connectivity index (χ4n) is 4.33. The molecule has 2 aromatic rings. The van der Waals surface area contributed by atoms with Crippen LogP contribution in [0.5, 0.6) is 5.75 Å². The zero-order valence-corrected chi connectivity index (χ0v) is 15.4. The van der Waals surface area contributed by atoms with Crippen molar-refractivity contribution in [2.24, 2.45) is 17.3 Å². The van der Waals surface area contributed by atoms with Crippen molar-refractivity contribution in [3.63, 3.8) is 0 Å². The zero-order chi connectivity index (χ0) is 18.1. The topological polar surface area (TPSA) is 52.9 Å². The summed E-state index contributed by atoms with van der Waals surface area (Å²) in [6.07, 6.45) is 0. The Kier molecular flexibility index (Phi) is 4.93. The molecule has 1 saturated heterocycles. The second kappa shape index (κ2) is 7.20. The number of hydrogen-bond donors (Lipinski definition) is 2. The third-order valence-electron chi connectivity index (χ3n) is 6.03. The molecular formula is C21H24ClNO3. The Morgan fingerprint density at radius 1 is 1.00 bits per heavy atom. The minimum absolute atomic E-state index is 0.0907. The third-order valence-corrected chi connectivity index (χ3v) is 6.28. The molecule has 5 heteroatoms. The Hall–Kier alpha value is -1.59. The van der Waals surface area contributed by atoms with E-state index in [4.69, 9.17) is 16.3 Å². The van der Waals surface area contributed by atoms with Gasteiger partial charge in [0.25, 0.3) is 0 Å². The first-order valence-corrected chi connectivity index (χ1v) is 9.43. The predicted molar refractivity (Wildman–Crippen MR) is 101 cm³/mol. The SMILES string of the molecule is OCC1(CO)C2CN(Cc3ccccc3OCc3ccc(Cl)cc3)CC21. The Bertz CT molecular complexity index is 746. The van der Waals surface area contributed by atoms with E-state index in [1.165, 1.54) is 5.56 Å². The van der Waals surface area contributed by atoms with Gasteiger partial charge in [-0.2, -0.15) is 0 Å². The summed E-state index contributed by atoms with van der Waals surface area (Å²) >= 11 is 5.93. The molecule has 0 spiro atoms. The van der Waals surface area contributed by atoms with Crippen molar-refractivity contribution in [2.45, 2.75) is 13.2 Å². The number of rotatable bonds is 7. The Morgan fingerprint density at radius 3 is 2.31 bits per heavy atom. The van der Waals surface area contributed by atoms with Gasteiger partial charge in [-0.3, -0.25) is 4.90 Å². The first-order chi connectivity index (χ1) is 12.7. The lowest BCUT2D eigenvalue weighted by Gasteiger charge is -2.24. The van der Waals surface area contributed by atoms with Gasteiger partial charge in [0.1, 0.15) is 12.4 Å². The second-order valence-corrected chi connectivity index (χ2v) is 7.92. The molecule has 2 fully saturated rings. The number of fused-ring (bicyclic) bond motifs is 1. The largest absolute Gasteiger partial charge is 0.489 e. The fraction of sp³-hybridized carbons (Fsp3) is 0.429. The van der Waals surface area contributed by atoms with Gasteiger partial charge in [0.05, 0.1) is 13.2 Å². The van der Waals surface area contributed by atoms with Gasteiger partial charge in [-0.25, -0.2) is 0 Å². The van der Waals surface area contributed by atoms with E-state index >= 15 is 0 Å². The van der Waals surface area contributed by atoms with Crippen LogP contribution in [0.4, 0.5) is 0 Å². The van der Waals surface area contributed by atoms with Crippen LogP contribution in [-0.4, -0.2) is 41.4 Å². The van der Waals surface area contributed by atoms with Crippen LogP contribution >= 0.6 is 11.6 Å². The van der Waals surface area contributed by atoms with Gasteiger partial charge in [-0.1, -0.05) is 41.9 Å². The minimum atomic E-state index is -0.235. The van der Waals surface area contributed by atoms with Gasteiger partial charge >= 0.3 is 0 Å². The van der Waals surface area contributed by atoms with E-state index in [9.17, 15) is 10.2 Å². The molecule has 2 unspecified atom stereocenters. The minimum Gasteiger partial charge on any atom is -0.489 e. The van der Waals surface area contributed by atoms with E-state index in [1.54, 1.807) is 0 Å². The molecule has 0 amide bonds. The highest BCUT2D eigenvalue weighted by atomic mass is 35.5. The van der Waals surface area contributed by atoms with E-state index < -0.39 is 0 Å². The van der Waals surface area contributed by atoms with E-state index in [1.807, 2.05) is 42.5 Å². The molecule has 26 heavy (non-hydrogen) atoms. The lowest BCUT2D eigenvalue weighted by molar-refractivity contribution is 0.0866. The summed E-state index contributed by atoms with van der Waals surface area (Å²) in [6.45, 7) is 3.38. The van der Waals surface area contributed by atoms with Crippen LogP contribution in [0.15, 0.2) is 48.5 Å². The number of para-hydroxylation sites is 1. The first-order valence-electron chi connectivity index (χ1n) is 9.05. The molecule has 1 aliphatic heterocycles. The zero-order valence-electron chi connectivity index (χ0n) is 14.6. The molecule has 2 atom stereocenters. The summed E-state index contributed by atoms with van der Waals surface area (Å²) < 4.78 is 6.04. The fourth-order valence-corrected chi connectivity index (χ4v) is 4.45. The van der Waals surface area contributed by atoms with Crippen LogP contribution < -0.4 is 4.74 Å². The summed E-state index contributed by atoms with van der Waals surface area (Å²) in [4.78, 5) is 2.39. The van der Waals surface area contributed by atoms with Gasteiger partial charge in [-0.15, -0.1) is 0 Å². The highest BCUT2D eigenvalue weighted by Crippen LogP contribution is 2.62. The number of benzene rings is 2. The van der Waals surface area contributed by atoms with Gasteiger partial charge in [-0.05, 0) is 35.6 Å². The number of piperidine rings is 1. The summed E-state index contributed by atoms with van der Waals surface area (Å²) in [5.74, 6) is 1.73. The summed E-state index contributed by atoms with van der Waals surface area (Å²) in [5.41, 5.74) is 2.02. The van der Waals surface area contributed by atoms with Crippen molar-refractivity contribution in [3.8, 4) is 5.75 Å². The highest BCUT2D eigenvalue weighted by Gasteiger charge is 2.67. The summed E-state index contributed by atoms with van der Waals surface area (Å²) in [6, 6.07) is 15.8. The van der Waals surface area contributed by atoms with E-state index in [-0.39, 0.29) is 18.6 Å². The van der Waals surface area contributed by atoms with Gasteiger partial charge in [0.2, 0.25) is 0 Å². The number of hydrogen-bond acceptors (Lipinski definition) is 4. The molecule has 1 saturated carbocycles. The molecule has 4 nitrogen and oxygen atoms in total. The average Bonchev–Trinajstić information content (AvgIpc) is 3.03. The van der Waals surface area contributed by atoms with Crippen molar-refractivity contribution >= 4 is 11.6 Å². The van der Waals surface area contributed by atoms with Gasteiger partial charge in [0, 0.05) is 35.6 Å². The maximum Gasteiger partial charge on any atom is 0.124 e. The molecule has 1 heterocycles. The smallest absolute Gasteiger partial charge is 0.124 e. The lowest BCUT2D eigenvalue weighted by atomic mass is 10.0. The molecule has 2 aliphatic rings. The Labute approximate surface area is 159 Å². The number of aliphatic hydroxyl groups is 2. The van der Waals surface area contributed by atoms with Crippen molar-refractivity contribution in [1.29, 1.82) is 0 Å². The quantitative estimate of drug-likeness (QED) is 0.783. The van der Waals surface area contributed by atoms with Gasteiger partial charge < -0.3 is 14.9 Å². The number of halogens is 1. The van der Waals surface area contributed by atoms with Crippen LogP contribution in [0.2, 0.25) is 5.02 Å². The van der Waals surface area contributed by atoms with Crippen LogP contribution in [0.3, 0.4) is 0 Å². The maximum absolute atomic E-state index is 9.57. The predicted octanol–water partition coefficient (Wildman–Crippen LogP) is 2.95. The normalized spacial score (nSPS) is 23.7. The molecule has 138 valence electrons. The highest BCUT2D eigenvalue weighted by molar-refractivity contribution is 6.30. The number of ether oxygens (including phenoxy) is 1. The van der Waals surface area contributed by atoms with Crippen molar-refractivity contribution < 1.29 is 14.9 Å². The van der Waals surface area contributed by atoms with Crippen LogP contribution in [-0.2, 0) is 13.2 Å². The molecular weight excluding hydrogens is 350 g/mol. The van der Waals surface area contributed by atoms with Crippen LogP contribution in [0.25, 0.3) is 0 Å². The van der Waals surface area contributed by atoms with E-state index in [0.717, 1.165) is 36.0 Å². The monoisotopic (exact) mass is 373 g/mol.